The van der Waals surface area contributed by atoms with Crippen LogP contribution in [-0.2, 0) is 9.59 Å². The van der Waals surface area contributed by atoms with Crippen molar-refractivity contribution in [1.82, 2.24) is 4.90 Å². The Balaban J connectivity index is 1.64. The lowest BCUT2D eigenvalue weighted by Gasteiger charge is -2.60. The number of hydrogen-bond acceptors (Lipinski definition) is 2. The lowest BCUT2D eigenvalue weighted by Crippen LogP contribution is -2.59. The van der Waals surface area contributed by atoms with Crippen molar-refractivity contribution in [2.75, 3.05) is 7.05 Å². The number of rotatable bonds is 2. The van der Waals surface area contributed by atoms with Crippen molar-refractivity contribution in [3.8, 4) is 0 Å². The predicted octanol–water partition coefficient (Wildman–Crippen LogP) is 3.66. The molecule has 144 valence electrons. The van der Waals surface area contributed by atoms with E-state index in [1.807, 2.05) is 11.9 Å². The van der Waals surface area contributed by atoms with E-state index < -0.39 is 12.1 Å². The van der Waals surface area contributed by atoms with Gasteiger partial charge < -0.3 is 10.0 Å². The van der Waals surface area contributed by atoms with E-state index in [1.54, 1.807) is 6.08 Å². The molecule has 1 N–H and O–H groups in total. The van der Waals surface area contributed by atoms with Crippen molar-refractivity contribution in [2.24, 2.45) is 34.5 Å². The Morgan fingerprint density at radius 1 is 1.23 bits per heavy atom. The second-order valence-electron chi connectivity index (χ2n) is 9.59. The third kappa shape index (κ3) is 2.24. The highest BCUT2D eigenvalue weighted by Gasteiger charge is 2.62. The van der Waals surface area contributed by atoms with Crippen LogP contribution < -0.4 is 0 Å². The molecule has 1 heterocycles. The molecule has 3 aliphatic carbocycles. The molecule has 4 rings (SSSR count). The van der Waals surface area contributed by atoms with Gasteiger partial charge in [0, 0.05) is 24.4 Å². The van der Waals surface area contributed by atoms with Gasteiger partial charge in [0.25, 0.3) is 0 Å². The highest BCUT2D eigenvalue weighted by atomic mass is 19.1. The number of likely N-dealkylation sites (N-methyl/N-ethyl adjacent to an activating group) is 1. The highest BCUT2D eigenvalue weighted by Crippen LogP contribution is 2.66. The second kappa shape index (κ2) is 5.80. The summed E-state index contributed by atoms with van der Waals surface area (Å²) in [4.78, 5) is 25.3. The Labute approximate surface area is 154 Å². The van der Waals surface area contributed by atoms with Crippen LogP contribution in [0.2, 0.25) is 0 Å². The number of carboxylic acid groups (broad SMARTS) is 1. The van der Waals surface area contributed by atoms with E-state index in [2.05, 4.69) is 19.9 Å². The van der Waals surface area contributed by atoms with Crippen molar-refractivity contribution >= 4 is 11.9 Å². The van der Waals surface area contributed by atoms with Gasteiger partial charge in [-0.3, -0.25) is 4.79 Å². The highest BCUT2D eigenvalue weighted by molar-refractivity contribution is 5.89. The quantitative estimate of drug-likeness (QED) is 0.814. The van der Waals surface area contributed by atoms with Gasteiger partial charge in [-0.2, -0.15) is 0 Å². The fraction of sp³-hybridized carbons (Fsp3) is 0.810. The Morgan fingerprint density at radius 3 is 2.65 bits per heavy atom. The summed E-state index contributed by atoms with van der Waals surface area (Å²) < 4.78 is 14.5. The molecule has 0 aromatic rings. The Kier molecular flexibility index (Phi) is 4.02. The molecular weight excluding hydrogens is 333 g/mol. The zero-order valence-electron chi connectivity index (χ0n) is 16.0. The molecule has 4 aliphatic rings. The van der Waals surface area contributed by atoms with E-state index in [9.17, 15) is 19.1 Å². The summed E-state index contributed by atoms with van der Waals surface area (Å²) in [6, 6.07) is 0.246. The number of carbonyl (C=O) groups is 2. The monoisotopic (exact) mass is 363 g/mol. The van der Waals surface area contributed by atoms with Crippen LogP contribution in [0, 0.1) is 34.5 Å². The maximum Gasteiger partial charge on any atom is 0.338 e. The van der Waals surface area contributed by atoms with E-state index in [-0.39, 0.29) is 28.7 Å². The fourth-order valence-corrected chi connectivity index (χ4v) is 7.43. The first-order valence-corrected chi connectivity index (χ1v) is 10.0. The van der Waals surface area contributed by atoms with Gasteiger partial charge in [-0.15, -0.1) is 0 Å². The van der Waals surface area contributed by atoms with Crippen LogP contribution in [0.25, 0.3) is 0 Å². The Bertz CT molecular complexity index is 664. The number of carboxylic acids is 1. The standard InChI is InChI=1S/C21H30FNO3/c1-20-10-8-14-12(13(20)5-6-15(20)18(22)19(25)26)4-7-16-21(14,2)11-9-17(24)23(16)3/h9,11-16,18H,4-8,10H2,1-3H3,(H,25,26)/t12?,13-,14?,15?,16?,18?,20?,21+/m0/s1. The number of aliphatic carboxylic acids is 1. The number of nitrogens with zero attached hydrogens (tertiary/aromatic N) is 1. The molecule has 0 saturated heterocycles. The first kappa shape index (κ1) is 18.0. The van der Waals surface area contributed by atoms with Gasteiger partial charge >= 0.3 is 5.97 Å². The topological polar surface area (TPSA) is 57.6 Å². The van der Waals surface area contributed by atoms with E-state index in [1.165, 1.54) is 0 Å². The predicted molar refractivity (Wildman–Crippen MR) is 96.1 cm³/mol. The zero-order chi connectivity index (χ0) is 18.9. The van der Waals surface area contributed by atoms with Crippen LogP contribution in [0.4, 0.5) is 4.39 Å². The molecular formula is C21H30FNO3. The lowest BCUT2D eigenvalue weighted by molar-refractivity contribution is -0.150. The van der Waals surface area contributed by atoms with Crippen LogP contribution in [0.3, 0.4) is 0 Å². The lowest BCUT2D eigenvalue weighted by atomic mass is 9.47. The molecule has 0 bridgehead atoms. The molecule has 0 aromatic carbocycles. The molecule has 3 saturated carbocycles. The van der Waals surface area contributed by atoms with Gasteiger partial charge in [0.1, 0.15) is 0 Å². The summed E-state index contributed by atoms with van der Waals surface area (Å²) in [5.41, 5.74) is -0.227. The first-order chi connectivity index (χ1) is 12.2. The van der Waals surface area contributed by atoms with Crippen LogP contribution in [0.15, 0.2) is 12.2 Å². The summed E-state index contributed by atoms with van der Waals surface area (Å²) >= 11 is 0. The van der Waals surface area contributed by atoms with Crippen LogP contribution in [0.5, 0.6) is 0 Å². The minimum absolute atomic E-state index is 0.0209. The smallest absolute Gasteiger partial charge is 0.338 e. The third-order valence-corrected chi connectivity index (χ3v) is 8.79. The third-order valence-electron chi connectivity index (χ3n) is 8.79. The maximum absolute atomic E-state index is 14.5. The van der Waals surface area contributed by atoms with Gasteiger partial charge in [0.2, 0.25) is 5.91 Å². The van der Waals surface area contributed by atoms with E-state index in [0.29, 0.717) is 24.2 Å². The molecule has 4 nitrogen and oxygen atoms in total. The summed E-state index contributed by atoms with van der Waals surface area (Å²) in [6.45, 7) is 4.43. The average Bonchev–Trinajstić information content (AvgIpc) is 2.95. The van der Waals surface area contributed by atoms with Crippen molar-refractivity contribution in [2.45, 2.75) is 64.6 Å². The van der Waals surface area contributed by atoms with Gasteiger partial charge in [-0.05, 0) is 67.8 Å². The Morgan fingerprint density at radius 2 is 1.96 bits per heavy atom. The molecule has 26 heavy (non-hydrogen) atoms. The normalized spacial score (nSPS) is 48.5. The summed E-state index contributed by atoms with van der Waals surface area (Å²) in [5, 5.41) is 9.21. The molecule has 1 amide bonds. The molecule has 5 heteroatoms. The van der Waals surface area contributed by atoms with E-state index >= 15 is 0 Å². The summed E-state index contributed by atoms with van der Waals surface area (Å²) in [7, 11) is 1.91. The molecule has 8 atom stereocenters. The van der Waals surface area contributed by atoms with Gasteiger partial charge in [-0.25, -0.2) is 9.18 Å². The number of amides is 1. The largest absolute Gasteiger partial charge is 0.479 e. The minimum Gasteiger partial charge on any atom is -0.479 e. The van der Waals surface area contributed by atoms with Crippen LogP contribution in [-0.4, -0.2) is 41.1 Å². The van der Waals surface area contributed by atoms with Gasteiger partial charge in [0.15, 0.2) is 6.17 Å². The van der Waals surface area contributed by atoms with Crippen molar-refractivity contribution < 1.29 is 19.1 Å². The van der Waals surface area contributed by atoms with Crippen LogP contribution >= 0.6 is 0 Å². The number of hydrogen-bond donors (Lipinski definition) is 1. The maximum atomic E-state index is 14.5. The molecule has 3 fully saturated rings. The zero-order valence-corrected chi connectivity index (χ0v) is 16.0. The molecule has 0 aromatic heterocycles. The van der Waals surface area contributed by atoms with Crippen molar-refractivity contribution in [3.05, 3.63) is 12.2 Å². The van der Waals surface area contributed by atoms with Gasteiger partial charge in [0.05, 0.1) is 0 Å². The fourth-order valence-electron chi connectivity index (χ4n) is 7.43. The minimum atomic E-state index is -1.74. The molecule has 0 radical (unpaired) electrons. The average molecular weight is 363 g/mol. The summed E-state index contributed by atoms with van der Waals surface area (Å²) in [6.07, 6.45) is 7.69. The first-order valence-electron chi connectivity index (χ1n) is 10.0. The van der Waals surface area contributed by atoms with Crippen molar-refractivity contribution in [1.29, 1.82) is 0 Å². The Hall–Kier alpha value is -1.39. The van der Waals surface area contributed by atoms with Crippen LogP contribution in [0.1, 0.15) is 52.4 Å². The number of carbonyl (C=O) groups excluding carboxylic acids is 1. The second-order valence-corrected chi connectivity index (χ2v) is 9.59. The number of alkyl halides is 1. The molecule has 1 aliphatic heterocycles. The van der Waals surface area contributed by atoms with Gasteiger partial charge in [-0.1, -0.05) is 19.9 Å². The van der Waals surface area contributed by atoms with E-state index in [4.69, 9.17) is 0 Å². The van der Waals surface area contributed by atoms with E-state index in [0.717, 1.165) is 32.1 Å². The summed E-state index contributed by atoms with van der Waals surface area (Å²) in [5.74, 6) is -0.167. The van der Waals surface area contributed by atoms with Crippen molar-refractivity contribution in [3.63, 3.8) is 0 Å². The molecule has 0 spiro atoms. The SMILES string of the molecule is CN1C(=O)C=C[C@]2(C)C3CCC4(C)C(C(F)C(=O)O)CC[C@H]4C3CCC12. The molecule has 6 unspecified atom stereocenters. The number of fused-ring (bicyclic) bond motifs is 5. The number of halogens is 1.